The van der Waals surface area contributed by atoms with Crippen LogP contribution in [0.2, 0.25) is 0 Å². The Morgan fingerprint density at radius 2 is 1.91 bits per heavy atom. The molecular weight excluding hydrogens is 337 g/mol. The van der Waals surface area contributed by atoms with E-state index in [4.69, 9.17) is 23.2 Å². The minimum absolute atomic E-state index is 0.241. The molecule has 0 saturated carbocycles. The molecule has 1 aromatic heterocycles. The third kappa shape index (κ3) is 4.18. The minimum Gasteiger partial charge on any atom is -0.296 e. The average molecular weight is 358 g/mol. The van der Waals surface area contributed by atoms with Crippen LogP contribution in [0.25, 0.3) is 0 Å². The van der Waals surface area contributed by atoms with Gasteiger partial charge in [-0.25, -0.2) is 9.97 Å². The molecule has 0 spiro atoms. The van der Waals surface area contributed by atoms with Crippen molar-refractivity contribution >= 4 is 40.8 Å². The molecule has 1 atom stereocenters. The summed E-state index contributed by atoms with van der Waals surface area (Å²) >= 11 is 14.6. The summed E-state index contributed by atoms with van der Waals surface area (Å²) in [5.41, 5.74) is 0.709. The molecule has 0 N–H and O–H groups in total. The molecular formula is C16H21Cl2N3S. The standard InChI is InChI=1S/C16H21Cl2N3S/c1-9(2)16-19-14(8-15(20-16)22-10(3)4)21-12(17)6-11(5)7-13(21)18/h6-10,12H,1-5H3. The number of thioether (sulfide) groups is 1. The third-order valence-electron chi connectivity index (χ3n) is 3.05. The molecule has 1 aliphatic heterocycles. The van der Waals surface area contributed by atoms with Crippen molar-refractivity contribution in [2.24, 2.45) is 0 Å². The fourth-order valence-corrected chi connectivity index (χ4v) is 3.68. The van der Waals surface area contributed by atoms with Gasteiger partial charge in [0.25, 0.3) is 0 Å². The summed E-state index contributed by atoms with van der Waals surface area (Å²) < 4.78 is 0. The molecule has 0 fully saturated rings. The van der Waals surface area contributed by atoms with Gasteiger partial charge in [-0.2, -0.15) is 0 Å². The van der Waals surface area contributed by atoms with Crippen molar-refractivity contribution in [3.8, 4) is 0 Å². The number of halogens is 2. The van der Waals surface area contributed by atoms with Gasteiger partial charge < -0.3 is 0 Å². The molecule has 120 valence electrons. The van der Waals surface area contributed by atoms with Crippen LogP contribution in [0.1, 0.15) is 46.4 Å². The Kier molecular flexibility index (Phi) is 5.81. The molecule has 1 unspecified atom stereocenters. The lowest BCUT2D eigenvalue weighted by atomic mass is 10.2. The van der Waals surface area contributed by atoms with E-state index in [9.17, 15) is 0 Å². The van der Waals surface area contributed by atoms with Crippen LogP contribution in [0.3, 0.4) is 0 Å². The second-order valence-corrected chi connectivity index (χ2v) is 8.30. The van der Waals surface area contributed by atoms with Crippen LogP contribution >= 0.6 is 35.0 Å². The Bertz CT molecular complexity index is 611. The Labute approximate surface area is 146 Å². The fourth-order valence-electron chi connectivity index (χ4n) is 2.06. The van der Waals surface area contributed by atoms with Gasteiger partial charge in [-0.3, -0.25) is 4.90 Å². The number of hydrogen-bond donors (Lipinski definition) is 0. The van der Waals surface area contributed by atoms with Crippen LogP contribution in [-0.4, -0.2) is 20.7 Å². The van der Waals surface area contributed by atoms with Gasteiger partial charge in [0, 0.05) is 17.2 Å². The Balaban J connectivity index is 2.46. The van der Waals surface area contributed by atoms with Crippen molar-refractivity contribution < 1.29 is 0 Å². The van der Waals surface area contributed by atoms with Crippen LogP contribution < -0.4 is 4.90 Å². The van der Waals surface area contributed by atoms with Crippen molar-refractivity contribution in [1.29, 1.82) is 0 Å². The predicted octanol–water partition coefficient (Wildman–Crippen LogP) is 5.51. The molecule has 0 aliphatic carbocycles. The monoisotopic (exact) mass is 357 g/mol. The highest BCUT2D eigenvalue weighted by atomic mass is 35.5. The number of alkyl halides is 1. The Hall–Kier alpha value is -0.710. The first-order chi connectivity index (χ1) is 10.3. The van der Waals surface area contributed by atoms with E-state index >= 15 is 0 Å². The Morgan fingerprint density at radius 3 is 2.45 bits per heavy atom. The third-order valence-corrected chi connectivity index (χ3v) is 4.58. The maximum absolute atomic E-state index is 6.45. The molecule has 0 saturated heterocycles. The van der Waals surface area contributed by atoms with E-state index in [2.05, 4.69) is 37.7 Å². The lowest BCUT2D eigenvalue weighted by molar-refractivity contribution is 0.745. The summed E-state index contributed by atoms with van der Waals surface area (Å²) in [6.07, 6.45) is 3.85. The summed E-state index contributed by atoms with van der Waals surface area (Å²) in [7, 11) is 0. The summed E-state index contributed by atoms with van der Waals surface area (Å²) in [6, 6.07) is 1.96. The normalized spacial score (nSPS) is 18.8. The van der Waals surface area contributed by atoms with E-state index in [1.165, 1.54) is 0 Å². The summed E-state index contributed by atoms with van der Waals surface area (Å²) in [5, 5.41) is 1.97. The van der Waals surface area contributed by atoms with Crippen LogP contribution in [-0.2, 0) is 0 Å². The molecule has 0 bridgehead atoms. The summed E-state index contributed by atoms with van der Waals surface area (Å²) in [6.45, 7) is 10.4. The highest BCUT2D eigenvalue weighted by molar-refractivity contribution is 7.99. The van der Waals surface area contributed by atoms with Crippen LogP contribution in [0.5, 0.6) is 0 Å². The first-order valence-electron chi connectivity index (χ1n) is 7.32. The van der Waals surface area contributed by atoms with Gasteiger partial charge in [0.2, 0.25) is 0 Å². The van der Waals surface area contributed by atoms with Crippen LogP contribution in [0, 0.1) is 0 Å². The highest BCUT2D eigenvalue weighted by Crippen LogP contribution is 2.33. The molecule has 3 nitrogen and oxygen atoms in total. The molecule has 1 aromatic rings. The van der Waals surface area contributed by atoms with Crippen molar-refractivity contribution in [2.45, 2.75) is 56.3 Å². The molecule has 0 aromatic carbocycles. The van der Waals surface area contributed by atoms with Crippen LogP contribution in [0.4, 0.5) is 5.82 Å². The van der Waals surface area contributed by atoms with Gasteiger partial charge in [-0.1, -0.05) is 50.9 Å². The molecule has 2 heterocycles. The minimum atomic E-state index is -0.343. The number of aromatic nitrogens is 2. The maximum atomic E-state index is 6.45. The van der Waals surface area contributed by atoms with E-state index in [0.717, 1.165) is 22.2 Å². The molecule has 22 heavy (non-hydrogen) atoms. The van der Waals surface area contributed by atoms with Crippen molar-refractivity contribution in [3.63, 3.8) is 0 Å². The lowest BCUT2D eigenvalue weighted by Gasteiger charge is -2.30. The lowest BCUT2D eigenvalue weighted by Crippen LogP contribution is -2.31. The molecule has 6 heteroatoms. The second kappa shape index (κ2) is 7.24. The first kappa shape index (κ1) is 17.6. The van der Waals surface area contributed by atoms with Gasteiger partial charge in [-0.15, -0.1) is 11.8 Å². The first-order valence-corrected chi connectivity index (χ1v) is 9.02. The van der Waals surface area contributed by atoms with Gasteiger partial charge in [0.1, 0.15) is 27.3 Å². The molecule has 2 rings (SSSR count). The van der Waals surface area contributed by atoms with E-state index < -0.39 is 0 Å². The summed E-state index contributed by atoms with van der Waals surface area (Å²) in [4.78, 5) is 11.1. The zero-order valence-corrected chi connectivity index (χ0v) is 15.8. The van der Waals surface area contributed by atoms with Gasteiger partial charge in [0.15, 0.2) is 0 Å². The maximum Gasteiger partial charge on any atom is 0.140 e. The molecule has 1 aliphatic rings. The average Bonchev–Trinajstić information content (AvgIpc) is 2.36. The van der Waals surface area contributed by atoms with Crippen LogP contribution in [0.15, 0.2) is 34.0 Å². The zero-order valence-electron chi connectivity index (χ0n) is 13.5. The van der Waals surface area contributed by atoms with Crippen molar-refractivity contribution in [2.75, 3.05) is 4.90 Å². The van der Waals surface area contributed by atoms with E-state index in [0.29, 0.717) is 10.4 Å². The van der Waals surface area contributed by atoms with E-state index in [1.54, 1.807) is 11.8 Å². The number of allylic oxidation sites excluding steroid dienone is 2. The topological polar surface area (TPSA) is 29.0 Å². The smallest absolute Gasteiger partial charge is 0.140 e. The van der Waals surface area contributed by atoms with Gasteiger partial charge >= 0.3 is 0 Å². The molecule has 0 amide bonds. The molecule has 0 radical (unpaired) electrons. The summed E-state index contributed by atoms with van der Waals surface area (Å²) in [5.74, 6) is 1.79. The van der Waals surface area contributed by atoms with Gasteiger partial charge in [0.05, 0.1) is 0 Å². The number of rotatable bonds is 4. The predicted molar refractivity (Wildman–Crippen MR) is 96.9 cm³/mol. The number of nitrogens with zero attached hydrogens (tertiary/aromatic N) is 3. The Morgan fingerprint density at radius 1 is 1.23 bits per heavy atom. The van der Waals surface area contributed by atoms with E-state index in [1.807, 2.05) is 30.0 Å². The number of anilines is 1. The van der Waals surface area contributed by atoms with Crippen molar-refractivity contribution in [3.05, 3.63) is 34.8 Å². The number of hydrogen-bond acceptors (Lipinski definition) is 4. The highest BCUT2D eigenvalue weighted by Gasteiger charge is 2.24. The van der Waals surface area contributed by atoms with E-state index in [-0.39, 0.29) is 11.4 Å². The quantitative estimate of drug-likeness (QED) is 0.307. The zero-order chi connectivity index (χ0) is 16.4. The largest absolute Gasteiger partial charge is 0.296 e. The fraction of sp³-hybridized carbons (Fsp3) is 0.500. The SMILES string of the molecule is CC1=CC(Cl)N(c2cc(SC(C)C)nc(C(C)C)n2)C(Cl)=C1. The second-order valence-electron chi connectivity index (χ2n) is 5.86. The van der Waals surface area contributed by atoms with Crippen molar-refractivity contribution in [1.82, 2.24) is 9.97 Å². The van der Waals surface area contributed by atoms with Gasteiger partial charge in [-0.05, 0) is 24.6 Å².